The number of fused-ring (bicyclic) bond motifs is 9. The molecule has 0 bridgehead atoms. The number of benzene rings is 8. The quantitative estimate of drug-likeness (QED) is 0.193. The van der Waals surface area contributed by atoms with Crippen molar-refractivity contribution in [3.63, 3.8) is 0 Å². The Hall–Kier alpha value is -6.12. The Morgan fingerprint density at radius 2 is 0.761 bits per heavy atom. The van der Waals surface area contributed by atoms with Gasteiger partial charge in [0, 0.05) is 27.3 Å². The smallest absolute Gasteiger partial charge is 0.147 e. The maximum atomic E-state index is 6.77. The van der Waals surface area contributed by atoms with Crippen LogP contribution >= 0.6 is 0 Å². The average Bonchev–Trinajstić information content (AvgIpc) is 3.69. The van der Waals surface area contributed by atoms with E-state index in [-0.39, 0.29) is 0 Å². The molecular formula is C44H26O2. The van der Waals surface area contributed by atoms with Crippen LogP contribution in [-0.4, -0.2) is 0 Å². The summed E-state index contributed by atoms with van der Waals surface area (Å²) in [7, 11) is 0. The number of furan rings is 2. The molecule has 0 N–H and O–H groups in total. The number of para-hydroxylation sites is 2. The summed E-state index contributed by atoms with van der Waals surface area (Å²) in [6.45, 7) is 0. The first-order valence-electron chi connectivity index (χ1n) is 15.7. The molecule has 10 rings (SSSR count). The summed E-state index contributed by atoms with van der Waals surface area (Å²) in [5, 5.41) is 9.07. The molecule has 0 aliphatic rings. The van der Waals surface area contributed by atoms with Gasteiger partial charge in [-0.2, -0.15) is 0 Å². The Bertz CT molecular complexity index is 2740. The van der Waals surface area contributed by atoms with E-state index in [1.807, 2.05) is 24.3 Å². The van der Waals surface area contributed by atoms with Crippen LogP contribution in [0.4, 0.5) is 0 Å². The van der Waals surface area contributed by atoms with E-state index in [9.17, 15) is 0 Å². The van der Waals surface area contributed by atoms with Gasteiger partial charge in [0.2, 0.25) is 0 Å². The lowest BCUT2D eigenvalue weighted by molar-refractivity contribution is 0.663. The van der Waals surface area contributed by atoms with Crippen LogP contribution < -0.4 is 0 Å². The van der Waals surface area contributed by atoms with Gasteiger partial charge in [0.15, 0.2) is 0 Å². The molecule has 2 nitrogen and oxygen atoms in total. The van der Waals surface area contributed by atoms with E-state index in [1.54, 1.807) is 0 Å². The van der Waals surface area contributed by atoms with Crippen LogP contribution in [0.3, 0.4) is 0 Å². The van der Waals surface area contributed by atoms with Crippen molar-refractivity contribution in [3.05, 3.63) is 158 Å². The minimum Gasteiger partial charge on any atom is -0.455 e. The molecule has 2 heteroatoms. The number of hydrogen-bond donors (Lipinski definition) is 0. The van der Waals surface area contributed by atoms with Crippen molar-refractivity contribution in [2.75, 3.05) is 0 Å². The maximum absolute atomic E-state index is 6.77. The van der Waals surface area contributed by atoms with E-state index in [2.05, 4.69) is 133 Å². The highest BCUT2D eigenvalue weighted by molar-refractivity contribution is 6.30. The Labute approximate surface area is 264 Å². The first-order valence-corrected chi connectivity index (χ1v) is 15.7. The average molecular weight is 587 g/mol. The minimum absolute atomic E-state index is 0.848. The molecule has 0 unspecified atom stereocenters. The predicted molar refractivity (Wildman–Crippen MR) is 192 cm³/mol. The second-order valence-corrected chi connectivity index (χ2v) is 12.0. The van der Waals surface area contributed by atoms with Crippen molar-refractivity contribution in [2.45, 2.75) is 0 Å². The van der Waals surface area contributed by atoms with Gasteiger partial charge >= 0.3 is 0 Å². The molecule has 0 atom stereocenters. The monoisotopic (exact) mass is 586 g/mol. The zero-order chi connectivity index (χ0) is 30.2. The molecular weight excluding hydrogens is 560 g/mol. The molecule has 10 aromatic rings. The van der Waals surface area contributed by atoms with E-state index in [0.717, 1.165) is 49.4 Å². The van der Waals surface area contributed by atoms with Crippen molar-refractivity contribution in [1.29, 1.82) is 0 Å². The Kier molecular flexibility index (Phi) is 5.31. The molecule has 0 saturated carbocycles. The minimum atomic E-state index is 0.848. The van der Waals surface area contributed by atoms with Crippen molar-refractivity contribution < 1.29 is 8.83 Å². The van der Waals surface area contributed by atoms with E-state index in [4.69, 9.17) is 8.83 Å². The van der Waals surface area contributed by atoms with Gasteiger partial charge in [0.1, 0.15) is 22.3 Å². The zero-order valence-electron chi connectivity index (χ0n) is 24.8. The molecule has 0 aliphatic carbocycles. The van der Waals surface area contributed by atoms with Gasteiger partial charge in [-0.3, -0.25) is 0 Å². The standard InChI is InChI=1S/C44H26O2/c1-2-14-27(15-3-1)28-16-4-5-18-30(28)40-31-19-6-8-21-33(31)41(34-22-9-7-20-32(34)40)37-26-36-29-17-10-12-24-38(29)45-43(36)42-35-23-11-13-25-39(35)46-44(37)42/h1-26H. The second kappa shape index (κ2) is 9.69. The Morgan fingerprint density at radius 1 is 0.304 bits per heavy atom. The van der Waals surface area contributed by atoms with Crippen LogP contribution in [0, 0.1) is 0 Å². The summed E-state index contributed by atoms with van der Waals surface area (Å²) in [4.78, 5) is 0. The summed E-state index contributed by atoms with van der Waals surface area (Å²) in [6.07, 6.45) is 0. The largest absolute Gasteiger partial charge is 0.455 e. The fraction of sp³-hybridized carbons (Fsp3) is 0. The van der Waals surface area contributed by atoms with E-state index in [0.29, 0.717) is 0 Å². The van der Waals surface area contributed by atoms with E-state index in [1.165, 1.54) is 49.4 Å². The lowest BCUT2D eigenvalue weighted by Gasteiger charge is -2.20. The molecule has 2 aromatic heterocycles. The highest BCUT2D eigenvalue weighted by atomic mass is 16.3. The fourth-order valence-corrected chi connectivity index (χ4v) is 7.53. The molecule has 0 aliphatic heterocycles. The van der Waals surface area contributed by atoms with Gasteiger partial charge in [0.05, 0.1) is 5.39 Å². The van der Waals surface area contributed by atoms with Crippen molar-refractivity contribution in [1.82, 2.24) is 0 Å². The lowest BCUT2D eigenvalue weighted by atomic mass is 9.83. The van der Waals surface area contributed by atoms with Gasteiger partial charge in [-0.15, -0.1) is 0 Å². The Morgan fingerprint density at radius 3 is 1.41 bits per heavy atom. The van der Waals surface area contributed by atoms with Crippen LogP contribution in [0.2, 0.25) is 0 Å². The van der Waals surface area contributed by atoms with Crippen molar-refractivity contribution in [3.8, 4) is 33.4 Å². The molecule has 0 amide bonds. The van der Waals surface area contributed by atoms with Gasteiger partial charge in [-0.05, 0) is 62.0 Å². The fourth-order valence-electron chi connectivity index (χ4n) is 7.53. The first-order chi connectivity index (χ1) is 22.8. The molecule has 0 fully saturated rings. The van der Waals surface area contributed by atoms with Gasteiger partial charge in [0.25, 0.3) is 0 Å². The van der Waals surface area contributed by atoms with Crippen LogP contribution in [-0.2, 0) is 0 Å². The number of rotatable bonds is 3. The summed E-state index contributed by atoms with van der Waals surface area (Å²) < 4.78 is 13.3. The molecule has 8 aromatic carbocycles. The third-order valence-corrected chi connectivity index (χ3v) is 9.47. The molecule has 0 spiro atoms. The van der Waals surface area contributed by atoms with E-state index >= 15 is 0 Å². The number of hydrogen-bond acceptors (Lipinski definition) is 2. The molecule has 0 radical (unpaired) electrons. The van der Waals surface area contributed by atoms with Crippen LogP contribution in [0.1, 0.15) is 0 Å². The molecule has 0 saturated heterocycles. The van der Waals surface area contributed by atoms with Gasteiger partial charge < -0.3 is 8.83 Å². The molecule has 214 valence electrons. The molecule has 46 heavy (non-hydrogen) atoms. The van der Waals surface area contributed by atoms with Gasteiger partial charge in [-0.1, -0.05) is 140 Å². The third-order valence-electron chi connectivity index (χ3n) is 9.47. The summed E-state index contributed by atoms with van der Waals surface area (Å²) in [5.74, 6) is 0. The van der Waals surface area contributed by atoms with Gasteiger partial charge in [-0.25, -0.2) is 0 Å². The SMILES string of the molecule is c1ccc(-c2ccccc2-c2c3ccccc3c(-c3cc4c5ccccc5oc4c4c3oc3ccccc34)c3ccccc23)cc1. The topological polar surface area (TPSA) is 26.3 Å². The lowest BCUT2D eigenvalue weighted by Crippen LogP contribution is -1.93. The van der Waals surface area contributed by atoms with Crippen LogP contribution in [0.15, 0.2) is 167 Å². The Balaban J connectivity index is 1.40. The first kappa shape index (κ1) is 25.2. The van der Waals surface area contributed by atoms with Crippen molar-refractivity contribution >= 4 is 65.4 Å². The van der Waals surface area contributed by atoms with Crippen molar-refractivity contribution in [2.24, 2.45) is 0 Å². The summed E-state index contributed by atoms with van der Waals surface area (Å²) in [6, 6.07) is 56.0. The highest BCUT2D eigenvalue weighted by Gasteiger charge is 2.24. The summed E-state index contributed by atoms with van der Waals surface area (Å²) >= 11 is 0. The third kappa shape index (κ3) is 3.53. The maximum Gasteiger partial charge on any atom is 0.147 e. The van der Waals surface area contributed by atoms with Crippen LogP contribution in [0.5, 0.6) is 0 Å². The van der Waals surface area contributed by atoms with E-state index < -0.39 is 0 Å². The predicted octanol–water partition coefficient (Wildman–Crippen LogP) is 12.8. The zero-order valence-corrected chi connectivity index (χ0v) is 24.8. The second-order valence-electron chi connectivity index (χ2n) is 12.0. The van der Waals surface area contributed by atoms with Crippen LogP contribution in [0.25, 0.3) is 98.8 Å². The molecule has 2 heterocycles. The highest BCUT2D eigenvalue weighted by Crippen LogP contribution is 2.50. The summed E-state index contributed by atoms with van der Waals surface area (Å²) in [5.41, 5.74) is 10.6. The normalized spacial score (nSPS) is 11.9.